The zero-order valence-corrected chi connectivity index (χ0v) is 55.6. The summed E-state index contributed by atoms with van der Waals surface area (Å²) in [7, 11) is 5.75. The van der Waals surface area contributed by atoms with Crippen molar-refractivity contribution in [1.82, 2.24) is 24.3 Å². The fraction of sp³-hybridized carbons (Fsp3) is 0.329. The van der Waals surface area contributed by atoms with Crippen molar-refractivity contribution in [1.29, 1.82) is 0 Å². The van der Waals surface area contributed by atoms with Crippen molar-refractivity contribution < 1.29 is 33.3 Å². The molecule has 13 heteroatoms. The first-order valence-corrected chi connectivity index (χ1v) is 34.9. The van der Waals surface area contributed by atoms with Crippen LogP contribution in [0.4, 0.5) is 4.79 Å². The van der Waals surface area contributed by atoms with Gasteiger partial charge in [-0.1, -0.05) is 143 Å². The number of carbonyl (C=O) groups excluding carboxylic acids is 3. The average Bonchev–Trinajstić information content (AvgIpc) is 1.99. The number of hydrogen-bond acceptors (Lipinski definition) is 7. The number of carbonyl (C=O) groups is 3. The van der Waals surface area contributed by atoms with Gasteiger partial charge in [-0.05, 0) is 187 Å². The number of aromatic amines is 1. The van der Waals surface area contributed by atoms with E-state index >= 15 is 0 Å². The number of ether oxygens (including phenoxy) is 4. The Morgan fingerprint density at radius 1 is 0.573 bits per heavy atom. The smallest absolute Gasteiger partial charge is 0.410 e. The Bertz CT molecular complexity index is 3680. The van der Waals surface area contributed by atoms with Gasteiger partial charge in [-0.25, -0.2) is 4.79 Å². The number of unbranched alkanes of at least 4 members (excludes halogenated alkanes) is 2. The fourth-order valence-corrected chi connectivity index (χ4v) is 10.9. The van der Waals surface area contributed by atoms with E-state index in [-0.39, 0.29) is 25.0 Å². The highest BCUT2D eigenvalue weighted by atomic mass is 28.3. The van der Waals surface area contributed by atoms with Crippen LogP contribution in [0.2, 0.25) is 25.7 Å². The second-order valence-electron chi connectivity index (χ2n) is 24.8. The summed E-state index contributed by atoms with van der Waals surface area (Å²) >= 11 is 0. The van der Waals surface area contributed by atoms with Crippen LogP contribution in [0.1, 0.15) is 100 Å². The normalized spacial score (nSPS) is 12.4. The van der Waals surface area contributed by atoms with Crippen LogP contribution in [0.15, 0.2) is 194 Å². The molecule has 2 aromatic heterocycles. The molecule has 0 bridgehead atoms. The largest absolute Gasteiger partial charge is 0.494 e. The number of nitrogens with one attached hydrogen (secondary N) is 1. The second kappa shape index (κ2) is 33.1. The molecular formula is C76H93N5O7Si. The lowest BCUT2D eigenvalue weighted by atomic mass is 9.88. The van der Waals surface area contributed by atoms with Crippen LogP contribution >= 0.6 is 0 Å². The van der Waals surface area contributed by atoms with Crippen LogP contribution in [-0.4, -0.2) is 117 Å². The topological polar surface area (TPSA) is 119 Å². The van der Waals surface area contributed by atoms with Crippen LogP contribution in [0.5, 0.6) is 11.5 Å². The maximum atomic E-state index is 13.0. The standard InChI is InChI=1S/C43H57N3O5Si.C33H36N2O2/c1-10-38(33-15-12-11-13-16-33)41(36-20-23-39-35(31-36)24-26-46(39)32-49-29-30-52(7,8)9)34-18-21-37(22-19-34)50-28-27-45(42(48)51-43(2,3)4)25-14-17-40(47)44(5)6;1-4-30(25-12-8-7-9-13-25)33(28-17-20-31-27(24-28)21-22-34-31)26-15-18-29(19-16-26)37-23-11-6-5-10-14-32(36)35(2)3/h11-24,26,31H,10,25,27-30,32H2,1-9H3;7-10,12-22,24,34H,4-6,11,23H2,1-3H3/b17-14+,41-38+;14-10+,33-30+. The Hall–Kier alpha value is -8.65. The van der Waals surface area contributed by atoms with Crippen LogP contribution in [0.25, 0.3) is 44.1 Å². The number of aromatic nitrogens is 2. The summed E-state index contributed by atoms with van der Waals surface area (Å²) in [6.07, 6.45) is 14.9. The first-order chi connectivity index (χ1) is 42.7. The summed E-state index contributed by atoms with van der Waals surface area (Å²) in [6.45, 7) is 19.8. The van der Waals surface area contributed by atoms with E-state index in [0.29, 0.717) is 25.6 Å². The zero-order chi connectivity index (χ0) is 63.9. The van der Waals surface area contributed by atoms with Crippen molar-refractivity contribution in [2.45, 2.75) is 105 Å². The number of rotatable bonds is 27. The average molecular weight is 1220 g/mol. The van der Waals surface area contributed by atoms with Crippen molar-refractivity contribution in [2.75, 3.05) is 61.1 Å². The van der Waals surface area contributed by atoms with E-state index in [4.69, 9.17) is 18.9 Å². The molecule has 8 aromatic rings. The highest BCUT2D eigenvalue weighted by Gasteiger charge is 2.23. The number of amides is 3. The zero-order valence-electron chi connectivity index (χ0n) is 54.6. The molecule has 0 aliphatic carbocycles. The number of benzene rings is 6. The predicted octanol–water partition coefficient (Wildman–Crippen LogP) is 17.3. The van der Waals surface area contributed by atoms with Gasteiger partial charge in [-0.2, -0.15) is 0 Å². The summed E-state index contributed by atoms with van der Waals surface area (Å²) < 4.78 is 26.0. The lowest BCUT2D eigenvalue weighted by Gasteiger charge is -2.26. The molecular weight excluding hydrogens is 1120 g/mol. The van der Waals surface area contributed by atoms with Gasteiger partial charge < -0.3 is 43.2 Å². The van der Waals surface area contributed by atoms with Gasteiger partial charge >= 0.3 is 6.09 Å². The summed E-state index contributed by atoms with van der Waals surface area (Å²) in [5.74, 6) is 1.45. The molecule has 8 rings (SSSR count). The third kappa shape index (κ3) is 20.7. The summed E-state index contributed by atoms with van der Waals surface area (Å²) in [6, 6.07) is 56.6. The Labute approximate surface area is 530 Å². The molecule has 12 nitrogen and oxygen atoms in total. The third-order valence-corrected chi connectivity index (χ3v) is 16.7. The number of likely N-dealkylation sites (N-methyl/N-ethyl adjacent to an activating group) is 2. The van der Waals surface area contributed by atoms with E-state index in [1.165, 1.54) is 71.2 Å². The van der Waals surface area contributed by atoms with Gasteiger partial charge in [-0.15, -0.1) is 0 Å². The first-order valence-electron chi connectivity index (χ1n) is 31.2. The molecule has 0 aliphatic heterocycles. The molecule has 0 spiro atoms. The van der Waals surface area contributed by atoms with Crippen LogP contribution in [0.3, 0.4) is 0 Å². The molecule has 0 unspecified atom stereocenters. The molecule has 0 atom stereocenters. The molecule has 1 N–H and O–H groups in total. The van der Waals surface area contributed by atoms with E-state index in [1.807, 2.05) is 51.2 Å². The Morgan fingerprint density at radius 2 is 1.10 bits per heavy atom. The second-order valence-corrected chi connectivity index (χ2v) is 30.4. The minimum absolute atomic E-state index is 0.0243. The quantitative estimate of drug-likeness (QED) is 0.0236. The van der Waals surface area contributed by atoms with E-state index in [9.17, 15) is 14.4 Å². The summed E-state index contributed by atoms with van der Waals surface area (Å²) in [5.41, 5.74) is 13.7. The first kappa shape index (κ1) is 67.8. The predicted molar refractivity (Wildman–Crippen MR) is 371 cm³/mol. The monoisotopic (exact) mass is 1220 g/mol. The lowest BCUT2D eigenvalue weighted by molar-refractivity contribution is -0.124. The van der Waals surface area contributed by atoms with E-state index in [2.05, 4.69) is 189 Å². The number of H-pyrrole nitrogens is 1. The maximum absolute atomic E-state index is 13.0. The fourth-order valence-electron chi connectivity index (χ4n) is 10.2. The number of hydrogen-bond donors (Lipinski definition) is 1. The van der Waals surface area contributed by atoms with Crippen molar-refractivity contribution >= 4 is 70.1 Å². The molecule has 468 valence electrons. The van der Waals surface area contributed by atoms with Crippen molar-refractivity contribution in [3.05, 3.63) is 228 Å². The van der Waals surface area contributed by atoms with Gasteiger partial charge in [0.25, 0.3) is 0 Å². The van der Waals surface area contributed by atoms with Gasteiger partial charge in [0.1, 0.15) is 30.4 Å². The molecule has 6 aromatic carbocycles. The van der Waals surface area contributed by atoms with E-state index in [1.54, 1.807) is 45.2 Å². The summed E-state index contributed by atoms with van der Waals surface area (Å²) in [5, 5.41) is 2.38. The maximum Gasteiger partial charge on any atom is 0.410 e. The Balaban J connectivity index is 0.000000268. The minimum Gasteiger partial charge on any atom is -0.494 e. The van der Waals surface area contributed by atoms with Crippen LogP contribution < -0.4 is 9.47 Å². The lowest BCUT2D eigenvalue weighted by Crippen LogP contribution is -2.39. The number of nitrogens with zero attached hydrogens (tertiary/aromatic N) is 4. The van der Waals surface area contributed by atoms with Gasteiger partial charge in [0.15, 0.2) is 0 Å². The molecule has 0 fully saturated rings. The molecule has 0 radical (unpaired) electrons. The third-order valence-electron chi connectivity index (χ3n) is 15.0. The van der Waals surface area contributed by atoms with Gasteiger partial charge in [0.2, 0.25) is 11.8 Å². The van der Waals surface area contributed by atoms with Gasteiger partial charge in [0.05, 0.1) is 18.7 Å². The Kier molecular flexibility index (Phi) is 25.2. The highest BCUT2D eigenvalue weighted by molar-refractivity contribution is 6.76. The number of allylic oxidation sites excluding steroid dienone is 3. The molecule has 0 saturated heterocycles. The Morgan fingerprint density at radius 3 is 1.64 bits per heavy atom. The summed E-state index contributed by atoms with van der Waals surface area (Å²) in [4.78, 5) is 44.5. The molecule has 2 heterocycles. The number of fused-ring (bicyclic) bond motifs is 2. The van der Waals surface area contributed by atoms with Gasteiger partial charge in [-0.3, -0.25) is 9.59 Å². The van der Waals surface area contributed by atoms with Crippen LogP contribution in [-0.2, 0) is 25.8 Å². The van der Waals surface area contributed by atoms with Crippen molar-refractivity contribution in [3.8, 4) is 11.5 Å². The van der Waals surface area contributed by atoms with Crippen LogP contribution in [0, 0.1) is 0 Å². The molecule has 0 saturated carbocycles. The van der Waals surface area contributed by atoms with Gasteiger partial charge in [0, 0.05) is 78.8 Å². The van der Waals surface area contributed by atoms with Crippen molar-refractivity contribution in [3.63, 3.8) is 0 Å². The highest BCUT2D eigenvalue weighted by Crippen LogP contribution is 2.38. The molecule has 0 aliphatic rings. The molecule has 89 heavy (non-hydrogen) atoms. The molecule has 3 amide bonds. The van der Waals surface area contributed by atoms with E-state index in [0.717, 1.165) is 72.7 Å². The van der Waals surface area contributed by atoms with E-state index < -0.39 is 19.8 Å². The SMILES string of the molecule is CC/C(=C(/c1ccc(OCCCC/C=C/C(=O)N(C)C)cc1)c1ccc2[nH]ccc2c1)c1ccccc1.CC/C(=C(/c1ccc(OCCN(C/C=C/C(=O)N(C)C)C(=O)OC(C)(C)C)cc1)c1ccc2c(ccn2COCC[Si](C)(C)C)c1)c1ccccc1. The minimum atomic E-state index is -1.14. The van der Waals surface area contributed by atoms with Crippen molar-refractivity contribution in [2.24, 2.45) is 0 Å².